The molecule has 2 nitrogen and oxygen atoms in total. The van der Waals surface area contributed by atoms with Gasteiger partial charge in [-0.3, -0.25) is 0 Å². The van der Waals surface area contributed by atoms with Gasteiger partial charge in [-0.05, 0) is 48.5 Å². The van der Waals surface area contributed by atoms with Gasteiger partial charge in [0.25, 0.3) is 0 Å². The number of para-hydroxylation sites is 2. The fourth-order valence-electron chi connectivity index (χ4n) is 5.17. The number of benzene rings is 5. The number of hydrogen-bond acceptors (Lipinski definition) is 2. The number of rotatable bonds is 3. The molecule has 0 amide bonds. The standard InChI is InChI=1S/C31H22N2S/c1-32-28-13-7-5-11-24(28)25-17-15-22(19-29(25)32)33(21-9-3-2-4-10-21)23-16-18-27-26-12-6-8-14-30(26)34-31(27)20-23/h2-20H,1H3. The highest BCUT2D eigenvalue weighted by atomic mass is 32.1. The zero-order chi connectivity index (χ0) is 22.6. The molecule has 0 saturated heterocycles. The highest BCUT2D eigenvalue weighted by Gasteiger charge is 2.16. The zero-order valence-electron chi connectivity index (χ0n) is 18.8. The van der Waals surface area contributed by atoms with Crippen molar-refractivity contribution in [1.29, 1.82) is 0 Å². The molecule has 5 aromatic carbocycles. The fraction of sp³-hybridized carbons (Fsp3) is 0.0323. The first kappa shape index (κ1) is 19.4. The molecule has 0 saturated carbocycles. The number of aromatic nitrogens is 1. The summed E-state index contributed by atoms with van der Waals surface area (Å²) in [5, 5.41) is 5.23. The van der Waals surface area contributed by atoms with Crippen molar-refractivity contribution in [2.24, 2.45) is 7.05 Å². The van der Waals surface area contributed by atoms with Crippen LogP contribution in [0.4, 0.5) is 17.1 Å². The van der Waals surface area contributed by atoms with Crippen molar-refractivity contribution in [2.75, 3.05) is 4.90 Å². The average Bonchev–Trinajstić information content (AvgIpc) is 3.40. The number of aryl methyl sites for hydroxylation is 1. The number of fused-ring (bicyclic) bond motifs is 6. The van der Waals surface area contributed by atoms with Gasteiger partial charge in [0.15, 0.2) is 0 Å². The van der Waals surface area contributed by atoms with Crippen molar-refractivity contribution in [3.05, 3.63) is 115 Å². The maximum atomic E-state index is 2.36. The van der Waals surface area contributed by atoms with E-state index < -0.39 is 0 Å². The number of thiophene rings is 1. The van der Waals surface area contributed by atoms with Gasteiger partial charge in [-0.1, -0.05) is 66.7 Å². The van der Waals surface area contributed by atoms with Crippen LogP contribution in [-0.2, 0) is 7.05 Å². The highest BCUT2D eigenvalue weighted by Crippen LogP contribution is 2.41. The van der Waals surface area contributed by atoms with E-state index >= 15 is 0 Å². The summed E-state index contributed by atoms with van der Waals surface area (Å²) in [6.07, 6.45) is 0. The largest absolute Gasteiger partial charge is 0.344 e. The van der Waals surface area contributed by atoms with Crippen molar-refractivity contribution < 1.29 is 0 Å². The quantitative estimate of drug-likeness (QED) is 0.258. The van der Waals surface area contributed by atoms with Gasteiger partial charge in [0.2, 0.25) is 0 Å². The van der Waals surface area contributed by atoms with Crippen LogP contribution in [-0.4, -0.2) is 4.57 Å². The summed E-state index contributed by atoms with van der Waals surface area (Å²) in [6, 6.07) is 41.6. The van der Waals surface area contributed by atoms with E-state index in [1.165, 1.54) is 47.7 Å². The minimum absolute atomic E-state index is 1.15. The molecule has 0 atom stereocenters. The minimum atomic E-state index is 1.15. The maximum Gasteiger partial charge on any atom is 0.0509 e. The lowest BCUT2D eigenvalue weighted by molar-refractivity contribution is 1.01. The van der Waals surface area contributed by atoms with E-state index in [9.17, 15) is 0 Å². The Morgan fingerprint density at radius 3 is 1.97 bits per heavy atom. The van der Waals surface area contributed by atoms with Gasteiger partial charge < -0.3 is 9.47 Å². The van der Waals surface area contributed by atoms with Crippen LogP contribution in [0.2, 0.25) is 0 Å². The lowest BCUT2D eigenvalue weighted by Gasteiger charge is -2.25. The first-order chi connectivity index (χ1) is 16.8. The molecule has 0 aliphatic carbocycles. The summed E-state index contributed by atoms with van der Waals surface area (Å²) >= 11 is 1.86. The molecule has 0 bridgehead atoms. The van der Waals surface area contributed by atoms with E-state index in [1.807, 2.05) is 11.3 Å². The van der Waals surface area contributed by atoms with E-state index in [2.05, 4.69) is 132 Å². The fourth-order valence-corrected chi connectivity index (χ4v) is 6.31. The summed E-state index contributed by atoms with van der Waals surface area (Å²) in [7, 11) is 2.16. The molecule has 0 aliphatic rings. The van der Waals surface area contributed by atoms with Crippen molar-refractivity contribution in [3.63, 3.8) is 0 Å². The lowest BCUT2D eigenvalue weighted by atomic mass is 10.1. The van der Waals surface area contributed by atoms with Gasteiger partial charge in [0.1, 0.15) is 0 Å². The summed E-state index contributed by atoms with van der Waals surface area (Å²) in [5.41, 5.74) is 5.98. The molecule has 2 heterocycles. The lowest BCUT2D eigenvalue weighted by Crippen LogP contribution is -2.09. The predicted octanol–water partition coefficient (Wildman–Crippen LogP) is 9.17. The van der Waals surface area contributed by atoms with Crippen molar-refractivity contribution in [1.82, 2.24) is 4.57 Å². The molecule has 34 heavy (non-hydrogen) atoms. The molecular formula is C31H22N2S. The van der Waals surface area contributed by atoms with Crippen molar-refractivity contribution in [2.45, 2.75) is 0 Å². The first-order valence-electron chi connectivity index (χ1n) is 11.5. The van der Waals surface area contributed by atoms with Gasteiger partial charge in [-0.25, -0.2) is 0 Å². The van der Waals surface area contributed by atoms with Gasteiger partial charge in [-0.2, -0.15) is 0 Å². The van der Waals surface area contributed by atoms with Crippen LogP contribution in [0.1, 0.15) is 0 Å². The number of anilines is 3. The van der Waals surface area contributed by atoms with E-state index in [0.29, 0.717) is 0 Å². The van der Waals surface area contributed by atoms with E-state index in [4.69, 9.17) is 0 Å². The van der Waals surface area contributed by atoms with Crippen LogP contribution in [0.3, 0.4) is 0 Å². The Labute approximate surface area is 201 Å². The second kappa shape index (κ2) is 7.47. The SMILES string of the molecule is Cn1c2ccccc2c2ccc(N(c3ccccc3)c3ccc4c(c3)sc3ccccc34)cc21. The minimum Gasteiger partial charge on any atom is -0.344 e. The van der Waals surface area contributed by atoms with E-state index in [1.54, 1.807) is 0 Å². The Bertz CT molecular complexity index is 1830. The van der Waals surface area contributed by atoms with Crippen LogP contribution in [0.5, 0.6) is 0 Å². The molecule has 2 aromatic heterocycles. The van der Waals surface area contributed by atoms with Crippen LogP contribution in [0, 0.1) is 0 Å². The average molecular weight is 455 g/mol. The normalized spacial score (nSPS) is 11.7. The molecule has 0 spiro atoms. The van der Waals surface area contributed by atoms with E-state index in [-0.39, 0.29) is 0 Å². The van der Waals surface area contributed by atoms with Crippen LogP contribution in [0.25, 0.3) is 42.0 Å². The zero-order valence-corrected chi connectivity index (χ0v) is 19.6. The molecule has 0 N–H and O–H groups in total. The summed E-state index contributed by atoms with van der Waals surface area (Å²) in [5.74, 6) is 0. The Kier molecular flexibility index (Phi) is 4.26. The first-order valence-corrected chi connectivity index (χ1v) is 12.3. The Morgan fingerprint density at radius 1 is 0.500 bits per heavy atom. The molecule has 7 aromatic rings. The van der Waals surface area contributed by atoms with Crippen LogP contribution >= 0.6 is 11.3 Å². The Morgan fingerprint density at radius 2 is 1.12 bits per heavy atom. The second-order valence-corrected chi connectivity index (χ2v) is 9.81. The highest BCUT2D eigenvalue weighted by molar-refractivity contribution is 7.25. The molecule has 0 unspecified atom stereocenters. The predicted molar refractivity (Wildman–Crippen MR) is 148 cm³/mol. The third kappa shape index (κ3) is 2.87. The van der Waals surface area contributed by atoms with Gasteiger partial charge in [0, 0.05) is 60.6 Å². The number of hydrogen-bond donors (Lipinski definition) is 0. The maximum absolute atomic E-state index is 2.36. The summed E-state index contributed by atoms with van der Waals surface area (Å²) < 4.78 is 4.94. The summed E-state index contributed by atoms with van der Waals surface area (Å²) in [4.78, 5) is 2.36. The van der Waals surface area contributed by atoms with Crippen LogP contribution in [0.15, 0.2) is 115 Å². The second-order valence-electron chi connectivity index (χ2n) is 8.73. The van der Waals surface area contributed by atoms with Crippen molar-refractivity contribution >= 4 is 70.4 Å². The van der Waals surface area contributed by atoms with Gasteiger partial charge in [0.05, 0.1) is 5.52 Å². The van der Waals surface area contributed by atoms with Gasteiger partial charge >= 0.3 is 0 Å². The topological polar surface area (TPSA) is 8.17 Å². The molecule has 3 heteroatoms. The Balaban J connectivity index is 1.46. The molecule has 0 fully saturated rings. The molecule has 162 valence electrons. The molecular weight excluding hydrogens is 432 g/mol. The monoisotopic (exact) mass is 454 g/mol. The summed E-state index contributed by atoms with van der Waals surface area (Å²) in [6.45, 7) is 0. The van der Waals surface area contributed by atoms with Crippen LogP contribution < -0.4 is 4.90 Å². The third-order valence-electron chi connectivity index (χ3n) is 6.79. The molecule has 0 aliphatic heterocycles. The molecule has 0 radical (unpaired) electrons. The van der Waals surface area contributed by atoms with Crippen molar-refractivity contribution in [3.8, 4) is 0 Å². The Hall–Kier alpha value is -4.08. The number of nitrogens with zero attached hydrogens (tertiary/aromatic N) is 2. The smallest absolute Gasteiger partial charge is 0.0509 e. The van der Waals surface area contributed by atoms with E-state index in [0.717, 1.165) is 11.4 Å². The third-order valence-corrected chi connectivity index (χ3v) is 7.92. The van der Waals surface area contributed by atoms with Gasteiger partial charge in [-0.15, -0.1) is 11.3 Å². The molecule has 7 rings (SSSR count).